The van der Waals surface area contributed by atoms with E-state index in [1.165, 1.54) is 12.0 Å². The average molecular weight is 195 g/mol. The monoisotopic (exact) mass is 195 g/mol. The molecular weight excluding hydrogens is 174 g/mol. The summed E-state index contributed by atoms with van der Waals surface area (Å²) >= 11 is 0. The van der Waals surface area contributed by atoms with Gasteiger partial charge in [-0.15, -0.1) is 0 Å². The van der Waals surface area contributed by atoms with Crippen molar-refractivity contribution in [1.29, 1.82) is 0 Å². The van der Waals surface area contributed by atoms with E-state index in [-0.39, 0.29) is 0 Å². The van der Waals surface area contributed by atoms with Crippen molar-refractivity contribution in [2.24, 2.45) is 11.8 Å². The van der Waals surface area contributed by atoms with Crippen LogP contribution in [0.2, 0.25) is 0 Å². The molecule has 1 aliphatic carbocycles. The Morgan fingerprint density at radius 3 is 2.93 bits per heavy atom. The van der Waals surface area contributed by atoms with Crippen LogP contribution in [0.1, 0.15) is 26.7 Å². The Hall–Kier alpha value is -0.340. The third-order valence-corrected chi connectivity index (χ3v) is 3.73. The number of hydrogen-bond donors (Lipinski definition) is 1. The van der Waals surface area contributed by atoms with Crippen LogP contribution in [-0.4, -0.2) is 25.8 Å². The molecule has 0 aromatic rings. The molecule has 0 aromatic heterocycles. The van der Waals surface area contributed by atoms with Gasteiger partial charge in [-0.1, -0.05) is 19.9 Å². The standard InChI is InChI=1S/C12H21NO/c1-9-6-12(10(9)2)13-7-11-4-3-5-14-8-11/h4,9-10,12-13H,3,5-8H2,1-2H3. The zero-order valence-corrected chi connectivity index (χ0v) is 9.25. The van der Waals surface area contributed by atoms with Gasteiger partial charge in [-0.05, 0) is 30.3 Å². The van der Waals surface area contributed by atoms with Gasteiger partial charge in [-0.2, -0.15) is 0 Å². The Bertz CT molecular complexity index is 224. The fraction of sp³-hybridized carbons (Fsp3) is 0.833. The van der Waals surface area contributed by atoms with Crippen LogP contribution in [0.4, 0.5) is 0 Å². The van der Waals surface area contributed by atoms with Crippen molar-refractivity contribution in [3.8, 4) is 0 Å². The van der Waals surface area contributed by atoms with E-state index < -0.39 is 0 Å². The van der Waals surface area contributed by atoms with Crippen LogP contribution < -0.4 is 5.32 Å². The zero-order chi connectivity index (χ0) is 9.97. The molecule has 1 saturated carbocycles. The summed E-state index contributed by atoms with van der Waals surface area (Å²) in [6.07, 6.45) is 4.76. The van der Waals surface area contributed by atoms with E-state index in [0.29, 0.717) is 0 Å². The molecule has 0 radical (unpaired) electrons. The Morgan fingerprint density at radius 1 is 1.50 bits per heavy atom. The summed E-state index contributed by atoms with van der Waals surface area (Å²) < 4.78 is 5.41. The first-order valence-corrected chi connectivity index (χ1v) is 5.76. The van der Waals surface area contributed by atoms with Gasteiger partial charge < -0.3 is 10.1 Å². The van der Waals surface area contributed by atoms with Gasteiger partial charge in [-0.25, -0.2) is 0 Å². The molecule has 3 unspecified atom stereocenters. The lowest BCUT2D eigenvalue weighted by Crippen LogP contribution is -2.48. The molecule has 0 amide bonds. The normalized spacial score (nSPS) is 37.6. The number of rotatable bonds is 3. The second-order valence-corrected chi connectivity index (χ2v) is 4.76. The molecular formula is C12H21NO. The first-order chi connectivity index (χ1) is 6.77. The minimum absolute atomic E-state index is 0.743. The van der Waals surface area contributed by atoms with Gasteiger partial charge in [0.25, 0.3) is 0 Å². The van der Waals surface area contributed by atoms with Crippen LogP contribution in [0.5, 0.6) is 0 Å². The molecule has 0 saturated heterocycles. The quantitative estimate of drug-likeness (QED) is 0.695. The second kappa shape index (κ2) is 4.45. The smallest absolute Gasteiger partial charge is 0.0689 e. The van der Waals surface area contributed by atoms with Gasteiger partial charge in [0.15, 0.2) is 0 Å². The lowest BCUT2D eigenvalue weighted by Gasteiger charge is -2.41. The maximum atomic E-state index is 5.41. The van der Waals surface area contributed by atoms with E-state index in [4.69, 9.17) is 4.74 Å². The Labute approximate surface area is 86.7 Å². The first-order valence-electron chi connectivity index (χ1n) is 5.76. The molecule has 2 nitrogen and oxygen atoms in total. The van der Waals surface area contributed by atoms with Gasteiger partial charge in [0.1, 0.15) is 0 Å². The van der Waals surface area contributed by atoms with Crippen molar-refractivity contribution >= 4 is 0 Å². The van der Waals surface area contributed by atoms with Crippen molar-refractivity contribution in [3.63, 3.8) is 0 Å². The van der Waals surface area contributed by atoms with E-state index in [0.717, 1.165) is 44.1 Å². The van der Waals surface area contributed by atoms with E-state index in [1.807, 2.05) is 0 Å². The lowest BCUT2D eigenvalue weighted by molar-refractivity contribution is 0.130. The van der Waals surface area contributed by atoms with Gasteiger partial charge in [0.2, 0.25) is 0 Å². The van der Waals surface area contributed by atoms with E-state index in [2.05, 4.69) is 25.2 Å². The predicted molar refractivity (Wildman–Crippen MR) is 58.3 cm³/mol. The van der Waals surface area contributed by atoms with E-state index in [9.17, 15) is 0 Å². The number of nitrogens with one attached hydrogen (secondary N) is 1. The van der Waals surface area contributed by atoms with Crippen LogP contribution in [0.25, 0.3) is 0 Å². The maximum Gasteiger partial charge on any atom is 0.0689 e. The van der Waals surface area contributed by atoms with Gasteiger partial charge >= 0.3 is 0 Å². The summed E-state index contributed by atoms with van der Waals surface area (Å²) in [4.78, 5) is 0. The Morgan fingerprint density at radius 2 is 2.36 bits per heavy atom. The fourth-order valence-electron chi connectivity index (χ4n) is 2.29. The molecule has 0 bridgehead atoms. The van der Waals surface area contributed by atoms with Crippen LogP contribution in [0.3, 0.4) is 0 Å². The minimum atomic E-state index is 0.743. The molecule has 1 aliphatic heterocycles. The summed E-state index contributed by atoms with van der Waals surface area (Å²) in [7, 11) is 0. The highest BCUT2D eigenvalue weighted by Gasteiger charge is 2.33. The van der Waals surface area contributed by atoms with Crippen LogP contribution in [0, 0.1) is 11.8 Å². The largest absolute Gasteiger partial charge is 0.377 e. The van der Waals surface area contributed by atoms with Gasteiger partial charge in [0, 0.05) is 12.6 Å². The van der Waals surface area contributed by atoms with Crippen LogP contribution in [0.15, 0.2) is 11.6 Å². The fourth-order valence-corrected chi connectivity index (χ4v) is 2.29. The third kappa shape index (κ3) is 2.18. The van der Waals surface area contributed by atoms with E-state index in [1.54, 1.807) is 0 Å². The lowest BCUT2D eigenvalue weighted by atomic mass is 9.71. The Kier molecular flexibility index (Phi) is 3.24. The minimum Gasteiger partial charge on any atom is -0.377 e. The van der Waals surface area contributed by atoms with Crippen molar-refractivity contribution in [2.75, 3.05) is 19.8 Å². The molecule has 0 spiro atoms. The number of hydrogen-bond acceptors (Lipinski definition) is 2. The Balaban J connectivity index is 1.70. The van der Waals surface area contributed by atoms with Gasteiger partial charge in [0.05, 0.1) is 13.2 Å². The SMILES string of the molecule is CC1CC(NCC2=CCCOC2)C1C. The van der Waals surface area contributed by atoms with E-state index >= 15 is 0 Å². The zero-order valence-electron chi connectivity index (χ0n) is 9.25. The second-order valence-electron chi connectivity index (χ2n) is 4.76. The molecule has 1 heterocycles. The first kappa shape index (κ1) is 10.2. The summed E-state index contributed by atoms with van der Waals surface area (Å²) in [5.41, 5.74) is 1.43. The molecule has 80 valence electrons. The third-order valence-electron chi connectivity index (χ3n) is 3.73. The highest BCUT2D eigenvalue weighted by molar-refractivity contribution is 5.08. The average Bonchev–Trinajstić information content (AvgIpc) is 2.25. The molecule has 2 heteroatoms. The molecule has 1 fully saturated rings. The molecule has 1 N–H and O–H groups in total. The summed E-state index contributed by atoms with van der Waals surface area (Å²) in [5, 5.41) is 3.62. The topological polar surface area (TPSA) is 21.3 Å². The van der Waals surface area contributed by atoms with Crippen molar-refractivity contribution in [3.05, 3.63) is 11.6 Å². The molecule has 3 atom stereocenters. The summed E-state index contributed by atoms with van der Waals surface area (Å²) in [6, 6.07) is 0.743. The van der Waals surface area contributed by atoms with Gasteiger partial charge in [-0.3, -0.25) is 0 Å². The maximum absolute atomic E-state index is 5.41. The van der Waals surface area contributed by atoms with Crippen LogP contribution >= 0.6 is 0 Å². The molecule has 2 aliphatic rings. The van der Waals surface area contributed by atoms with Crippen molar-refractivity contribution in [1.82, 2.24) is 5.32 Å². The number of ether oxygens (including phenoxy) is 1. The summed E-state index contributed by atoms with van der Waals surface area (Å²) in [5.74, 6) is 1.75. The highest BCUT2D eigenvalue weighted by atomic mass is 16.5. The molecule has 14 heavy (non-hydrogen) atoms. The molecule has 2 rings (SSSR count). The van der Waals surface area contributed by atoms with Crippen LogP contribution in [-0.2, 0) is 4.74 Å². The summed E-state index contributed by atoms with van der Waals surface area (Å²) in [6.45, 7) is 7.45. The van der Waals surface area contributed by atoms with Crippen molar-refractivity contribution in [2.45, 2.75) is 32.7 Å². The predicted octanol–water partition coefficient (Wildman–Crippen LogP) is 1.97. The molecule has 0 aromatic carbocycles. The highest BCUT2D eigenvalue weighted by Crippen LogP contribution is 2.33. The van der Waals surface area contributed by atoms with Crippen molar-refractivity contribution < 1.29 is 4.74 Å².